The zero-order chi connectivity index (χ0) is 30.2. The molecule has 14 heteroatoms. The molecule has 0 radical (unpaired) electrons. The summed E-state index contributed by atoms with van der Waals surface area (Å²) < 4.78 is 40.1. The first-order valence-electron chi connectivity index (χ1n) is 13.3. The molecule has 0 amide bonds. The fourth-order valence-corrected chi connectivity index (χ4v) is 5.15. The van der Waals surface area contributed by atoms with E-state index in [4.69, 9.17) is 20.8 Å². The summed E-state index contributed by atoms with van der Waals surface area (Å²) in [5.41, 5.74) is 3.80. The highest BCUT2D eigenvalue weighted by Gasteiger charge is 2.26. The molecule has 0 aliphatic carbocycles. The molecule has 11 nitrogen and oxygen atoms in total. The Kier molecular flexibility index (Phi) is 7.05. The average molecular weight is 612 g/mol. The number of hydrogen-bond acceptors (Lipinski definition) is 10. The largest absolute Gasteiger partial charge is 0.445 e. The Hall–Kier alpha value is -5.45. The normalized spacial score (nSPS) is 13.8. The lowest BCUT2D eigenvalue weighted by atomic mass is 10.0. The summed E-state index contributed by atoms with van der Waals surface area (Å²) in [6.45, 7) is 1.11. The van der Waals surface area contributed by atoms with Gasteiger partial charge in [0.2, 0.25) is 11.8 Å². The van der Waals surface area contributed by atoms with Crippen molar-refractivity contribution in [2.24, 2.45) is 0 Å². The minimum Gasteiger partial charge on any atom is -0.445 e. The number of halogens is 3. The molecule has 1 aliphatic heterocycles. The Balaban J connectivity index is 1.32. The highest BCUT2D eigenvalue weighted by Crippen LogP contribution is 2.37. The van der Waals surface area contributed by atoms with Crippen LogP contribution in [0.2, 0.25) is 5.02 Å². The van der Waals surface area contributed by atoms with Gasteiger partial charge in [-0.15, -0.1) is 5.10 Å². The predicted molar refractivity (Wildman–Crippen MR) is 156 cm³/mol. The smallest absolute Gasteiger partial charge is 0.249 e. The van der Waals surface area contributed by atoms with E-state index in [2.05, 4.69) is 42.0 Å². The lowest BCUT2D eigenvalue weighted by Crippen LogP contribution is -2.31. The molecule has 218 valence electrons. The van der Waals surface area contributed by atoms with Gasteiger partial charge in [-0.2, -0.15) is 9.65 Å². The second-order valence-corrected chi connectivity index (χ2v) is 10.4. The summed E-state index contributed by atoms with van der Waals surface area (Å²) in [5, 5.41) is 25.9. The van der Waals surface area contributed by atoms with Crippen molar-refractivity contribution in [3.8, 4) is 17.5 Å². The molecule has 0 spiro atoms. The van der Waals surface area contributed by atoms with Crippen molar-refractivity contribution in [2.45, 2.75) is 12.1 Å². The van der Waals surface area contributed by atoms with Crippen LogP contribution in [0.3, 0.4) is 0 Å². The number of aromatic nitrogens is 6. The third-order valence-electron chi connectivity index (χ3n) is 7.14. The molecule has 0 bridgehead atoms. The predicted octanol–water partition coefficient (Wildman–Crippen LogP) is 6.20. The number of benzene rings is 2. The second-order valence-electron chi connectivity index (χ2n) is 9.99. The van der Waals surface area contributed by atoms with Crippen LogP contribution in [0.15, 0.2) is 77.9 Å². The third-order valence-corrected chi connectivity index (χ3v) is 7.43. The number of nitrogens with one attached hydrogen (secondary N) is 2. The highest BCUT2D eigenvalue weighted by molar-refractivity contribution is 6.36. The summed E-state index contributed by atoms with van der Waals surface area (Å²) in [6, 6.07) is 13.8. The summed E-state index contributed by atoms with van der Waals surface area (Å²) in [6.07, 6.45) is 7.43. The molecule has 1 saturated heterocycles. The molecular weight excluding hydrogens is 592 g/mol. The topological polar surface area (TPSA) is 140 Å². The number of ether oxygens (including phenoxy) is 1. The van der Waals surface area contributed by atoms with Gasteiger partial charge in [-0.1, -0.05) is 28.9 Å². The number of nitriles is 1. The van der Waals surface area contributed by atoms with Gasteiger partial charge in [-0.3, -0.25) is 4.98 Å². The molecule has 1 atom stereocenters. The van der Waals surface area contributed by atoms with Crippen LogP contribution in [0, 0.1) is 23.1 Å². The fourth-order valence-electron chi connectivity index (χ4n) is 4.89. The molecular formula is C30H20ClF2N9O2. The monoisotopic (exact) mass is 611 g/mol. The van der Waals surface area contributed by atoms with E-state index < -0.39 is 17.8 Å². The minimum atomic E-state index is -1.23. The van der Waals surface area contributed by atoms with E-state index >= 15 is 0 Å². The molecule has 6 aromatic rings. The maximum absolute atomic E-state index is 14.0. The number of nitrogens with zero attached hydrogens (tertiary/aromatic N) is 7. The Labute approximate surface area is 253 Å². The van der Waals surface area contributed by atoms with Crippen molar-refractivity contribution in [1.29, 1.82) is 5.26 Å². The summed E-state index contributed by atoms with van der Waals surface area (Å²) in [4.78, 5) is 12.1. The molecule has 4 aromatic heterocycles. The van der Waals surface area contributed by atoms with E-state index in [0.717, 1.165) is 23.4 Å². The van der Waals surface area contributed by atoms with Crippen molar-refractivity contribution >= 4 is 39.6 Å². The van der Waals surface area contributed by atoms with Gasteiger partial charge in [0, 0.05) is 28.9 Å². The molecule has 0 saturated carbocycles. The lowest BCUT2D eigenvalue weighted by molar-refractivity contribution is -0.0293. The quantitative estimate of drug-likeness (QED) is 0.191. The van der Waals surface area contributed by atoms with E-state index in [1.807, 2.05) is 30.5 Å². The summed E-state index contributed by atoms with van der Waals surface area (Å²) >= 11 is 6.72. The fraction of sp³-hybridized carbons (Fsp3) is 0.133. The Morgan fingerprint density at radius 1 is 1.07 bits per heavy atom. The Morgan fingerprint density at radius 3 is 2.70 bits per heavy atom. The van der Waals surface area contributed by atoms with Gasteiger partial charge >= 0.3 is 0 Å². The number of fused-ring (bicyclic) bond motifs is 1. The van der Waals surface area contributed by atoms with E-state index in [0.29, 0.717) is 52.1 Å². The molecule has 7 rings (SSSR count). The summed E-state index contributed by atoms with van der Waals surface area (Å²) in [7, 11) is 0. The number of rotatable bonds is 8. The Bertz CT molecular complexity index is 2040. The standard InChI is InChI=1S/C30H20ClF2N9O2/c31-23-8-19(7-22-26(18(10-34)11-36-28(22)23)39-20-9-24(32)29(33)37-12-20)38-27(25-13-42(41-40-25)21-14-43-15-21)16-2-1-3-17(6-16)30-35-4-5-44-30/h1-9,11-13,21,27,38H,14-15H2,(H,36,39). The van der Waals surface area contributed by atoms with Crippen LogP contribution < -0.4 is 10.6 Å². The van der Waals surface area contributed by atoms with Crippen LogP contribution in [0.1, 0.15) is 28.9 Å². The van der Waals surface area contributed by atoms with Crippen molar-refractivity contribution < 1.29 is 17.9 Å². The van der Waals surface area contributed by atoms with E-state index in [1.165, 1.54) is 12.5 Å². The van der Waals surface area contributed by atoms with Gasteiger partial charge < -0.3 is 19.8 Å². The molecule has 2 N–H and O–H groups in total. The van der Waals surface area contributed by atoms with E-state index in [-0.39, 0.29) is 17.3 Å². The first-order chi connectivity index (χ1) is 21.5. The van der Waals surface area contributed by atoms with Crippen LogP contribution >= 0.6 is 11.6 Å². The average Bonchev–Trinajstić information content (AvgIpc) is 3.71. The van der Waals surface area contributed by atoms with Crippen LogP contribution in [-0.2, 0) is 4.74 Å². The van der Waals surface area contributed by atoms with Crippen LogP contribution in [0.4, 0.5) is 25.8 Å². The van der Waals surface area contributed by atoms with Crippen LogP contribution in [0.25, 0.3) is 22.4 Å². The van der Waals surface area contributed by atoms with Crippen LogP contribution in [0.5, 0.6) is 0 Å². The maximum Gasteiger partial charge on any atom is 0.249 e. The van der Waals surface area contributed by atoms with Crippen LogP contribution in [-0.4, -0.2) is 43.2 Å². The minimum absolute atomic E-state index is 0.0977. The van der Waals surface area contributed by atoms with Crippen molar-refractivity contribution in [3.63, 3.8) is 0 Å². The van der Waals surface area contributed by atoms with Crippen molar-refractivity contribution in [3.05, 3.63) is 107 Å². The van der Waals surface area contributed by atoms with Gasteiger partial charge in [-0.25, -0.2) is 19.0 Å². The molecule has 44 heavy (non-hydrogen) atoms. The summed E-state index contributed by atoms with van der Waals surface area (Å²) in [5.74, 6) is -1.90. The molecule has 5 heterocycles. The van der Waals surface area contributed by atoms with Gasteiger partial charge in [0.1, 0.15) is 24.1 Å². The number of hydrogen-bond donors (Lipinski definition) is 2. The molecule has 1 fully saturated rings. The highest BCUT2D eigenvalue weighted by atomic mass is 35.5. The number of anilines is 3. The zero-order valence-corrected chi connectivity index (χ0v) is 23.3. The van der Waals surface area contributed by atoms with Crippen molar-refractivity contribution in [2.75, 3.05) is 23.8 Å². The molecule has 1 unspecified atom stereocenters. The number of oxazole rings is 1. The zero-order valence-electron chi connectivity index (χ0n) is 22.6. The Morgan fingerprint density at radius 2 is 1.95 bits per heavy atom. The lowest BCUT2D eigenvalue weighted by Gasteiger charge is -2.25. The molecule has 2 aromatic carbocycles. The van der Waals surface area contributed by atoms with E-state index in [9.17, 15) is 14.0 Å². The van der Waals surface area contributed by atoms with Gasteiger partial charge in [0.25, 0.3) is 0 Å². The van der Waals surface area contributed by atoms with Gasteiger partial charge in [-0.05, 0) is 29.8 Å². The van der Waals surface area contributed by atoms with Gasteiger partial charge in [0.15, 0.2) is 5.82 Å². The third kappa shape index (κ3) is 5.17. The first kappa shape index (κ1) is 27.4. The van der Waals surface area contributed by atoms with Crippen molar-refractivity contribution in [1.82, 2.24) is 29.9 Å². The maximum atomic E-state index is 14.0. The van der Waals surface area contributed by atoms with Gasteiger partial charge in [0.05, 0.1) is 65.3 Å². The first-order valence-corrected chi connectivity index (χ1v) is 13.7. The molecule has 1 aliphatic rings. The van der Waals surface area contributed by atoms with E-state index in [1.54, 1.807) is 23.0 Å². The second kappa shape index (κ2) is 11.3. The number of pyridine rings is 2. The SMILES string of the molecule is N#Cc1cnc2c(Cl)cc(NC(c3cccc(-c4ncco4)c3)c3cn(C4COC4)nn3)cc2c1Nc1cnc(F)c(F)c1.